The normalized spacial score (nSPS) is 10.8. The van der Waals surface area contributed by atoms with Gasteiger partial charge in [0.2, 0.25) is 0 Å². The van der Waals surface area contributed by atoms with Crippen molar-refractivity contribution in [1.82, 2.24) is 4.98 Å². The van der Waals surface area contributed by atoms with E-state index < -0.39 is 5.97 Å². The number of benzene rings is 1. The highest BCUT2D eigenvalue weighted by Crippen LogP contribution is 2.27. The van der Waals surface area contributed by atoms with Crippen LogP contribution < -0.4 is 0 Å². The van der Waals surface area contributed by atoms with Crippen molar-refractivity contribution >= 4 is 32.8 Å². The predicted molar refractivity (Wildman–Crippen MR) is 57.3 cm³/mol. The Bertz CT molecular complexity index is 535. The lowest BCUT2D eigenvalue weighted by atomic mass is 10.1. The Morgan fingerprint density at radius 3 is 2.93 bits per heavy atom. The third-order valence-corrected chi connectivity index (χ3v) is 2.76. The Kier molecular flexibility index (Phi) is 2.48. The Balaban J connectivity index is 2.63. The molecule has 0 fully saturated rings. The van der Waals surface area contributed by atoms with Crippen molar-refractivity contribution in [1.29, 1.82) is 0 Å². The van der Waals surface area contributed by atoms with Crippen LogP contribution in [-0.4, -0.2) is 16.1 Å². The van der Waals surface area contributed by atoms with Crippen molar-refractivity contribution in [2.75, 3.05) is 0 Å². The highest BCUT2D eigenvalue weighted by Gasteiger charge is 2.10. The number of aromatic nitrogens is 1. The number of carboxylic acids is 1. The quantitative estimate of drug-likeness (QED) is 0.883. The molecular formula is C10H7BrFNO2. The van der Waals surface area contributed by atoms with Gasteiger partial charge in [-0.1, -0.05) is 0 Å². The van der Waals surface area contributed by atoms with Gasteiger partial charge in [0, 0.05) is 16.1 Å². The van der Waals surface area contributed by atoms with E-state index in [2.05, 4.69) is 20.9 Å². The first kappa shape index (κ1) is 10.2. The van der Waals surface area contributed by atoms with Crippen LogP contribution in [0.2, 0.25) is 0 Å². The maximum Gasteiger partial charge on any atom is 0.307 e. The summed E-state index contributed by atoms with van der Waals surface area (Å²) in [7, 11) is 0. The van der Waals surface area contributed by atoms with Crippen LogP contribution in [0.25, 0.3) is 10.9 Å². The SMILES string of the molecule is O=C(O)Cc1c[nH]c2c(Br)cc(F)cc12. The number of H-pyrrole nitrogens is 1. The summed E-state index contributed by atoms with van der Waals surface area (Å²) in [4.78, 5) is 13.5. The van der Waals surface area contributed by atoms with Crippen molar-refractivity contribution in [3.63, 3.8) is 0 Å². The minimum atomic E-state index is -0.934. The van der Waals surface area contributed by atoms with Crippen LogP contribution in [0.3, 0.4) is 0 Å². The molecule has 2 N–H and O–H groups in total. The average Bonchev–Trinajstić information content (AvgIpc) is 2.48. The van der Waals surface area contributed by atoms with Crippen LogP contribution in [0.1, 0.15) is 5.56 Å². The molecule has 0 aliphatic carbocycles. The molecule has 0 spiro atoms. The van der Waals surface area contributed by atoms with Crippen molar-refractivity contribution in [3.05, 3.63) is 34.2 Å². The highest BCUT2D eigenvalue weighted by molar-refractivity contribution is 9.10. The van der Waals surface area contributed by atoms with Gasteiger partial charge in [-0.05, 0) is 33.6 Å². The van der Waals surface area contributed by atoms with Crippen LogP contribution >= 0.6 is 15.9 Å². The fraction of sp³-hybridized carbons (Fsp3) is 0.100. The summed E-state index contributed by atoms with van der Waals surface area (Å²) < 4.78 is 13.7. The van der Waals surface area contributed by atoms with Crippen LogP contribution in [0.5, 0.6) is 0 Å². The molecule has 0 bridgehead atoms. The van der Waals surface area contributed by atoms with Gasteiger partial charge in [0.1, 0.15) is 5.82 Å². The van der Waals surface area contributed by atoms with Gasteiger partial charge in [0.15, 0.2) is 0 Å². The van der Waals surface area contributed by atoms with E-state index in [0.717, 1.165) is 0 Å². The summed E-state index contributed by atoms with van der Waals surface area (Å²) >= 11 is 3.21. The molecule has 0 saturated heterocycles. The van der Waals surface area contributed by atoms with Crippen molar-refractivity contribution < 1.29 is 14.3 Å². The van der Waals surface area contributed by atoms with E-state index >= 15 is 0 Å². The average molecular weight is 272 g/mol. The molecule has 0 aliphatic rings. The molecule has 3 nitrogen and oxygen atoms in total. The molecule has 2 aromatic rings. The Morgan fingerprint density at radius 1 is 1.53 bits per heavy atom. The fourth-order valence-electron chi connectivity index (χ4n) is 1.52. The zero-order valence-corrected chi connectivity index (χ0v) is 9.14. The highest BCUT2D eigenvalue weighted by atomic mass is 79.9. The van der Waals surface area contributed by atoms with Gasteiger partial charge < -0.3 is 10.1 Å². The largest absolute Gasteiger partial charge is 0.481 e. The van der Waals surface area contributed by atoms with Crippen LogP contribution in [0.15, 0.2) is 22.8 Å². The summed E-state index contributed by atoms with van der Waals surface area (Å²) in [6, 6.07) is 2.66. The number of rotatable bonds is 2. The number of carboxylic acid groups (broad SMARTS) is 1. The third-order valence-electron chi connectivity index (χ3n) is 2.13. The van der Waals surface area contributed by atoms with Crippen LogP contribution in [-0.2, 0) is 11.2 Å². The molecule has 0 aliphatic heterocycles. The number of nitrogens with one attached hydrogen (secondary N) is 1. The van der Waals surface area contributed by atoms with Gasteiger partial charge in [-0.3, -0.25) is 4.79 Å². The molecule has 0 amide bonds. The molecular weight excluding hydrogens is 265 g/mol. The number of fused-ring (bicyclic) bond motifs is 1. The van der Waals surface area contributed by atoms with E-state index in [1.165, 1.54) is 12.1 Å². The molecule has 15 heavy (non-hydrogen) atoms. The maximum absolute atomic E-state index is 13.1. The third kappa shape index (κ3) is 1.87. The van der Waals surface area contributed by atoms with E-state index in [1.54, 1.807) is 6.20 Å². The Hall–Kier alpha value is -1.36. The first-order valence-electron chi connectivity index (χ1n) is 4.24. The topological polar surface area (TPSA) is 53.1 Å². The number of carbonyl (C=O) groups is 1. The first-order chi connectivity index (χ1) is 7.08. The molecule has 0 atom stereocenters. The van der Waals surface area contributed by atoms with Gasteiger partial charge in [-0.2, -0.15) is 0 Å². The van der Waals surface area contributed by atoms with Crippen molar-refractivity contribution in [3.8, 4) is 0 Å². The molecule has 1 aromatic carbocycles. The van der Waals surface area contributed by atoms with Crippen LogP contribution in [0.4, 0.5) is 4.39 Å². The van der Waals surface area contributed by atoms with E-state index in [9.17, 15) is 9.18 Å². The van der Waals surface area contributed by atoms with Crippen molar-refractivity contribution in [2.24, 2.45) is 0 Å². The van der Waals surface area contributed by atoms with Crippen LogP contribution in [0, 0.1) is 5.82 Å². The van der Waals surface area contributed by atoms with E-state index in [1.807, 2.05) is 0 Å². The van der Waals surface area contributed by atoms with Crippen molar-refractivity contribution in [2.45, 2.75) is 6.42 Å². The number of aromatic amines is 1. The lowest BCUT2D eigenvalue weighted by molar-refractivity contribution is -0.136. The number of hydrogen-bond acceptors (Lipinski definition) is 1. The lowest BCUT2D eigenvalue weighted by Gasteiger charge is -1.97. The summed E-state index contributed by atoms with van der Waals surface area (Å²) in [5.74, 6) is -1.32. The number of halogens is 2. The molecule has 0 saturated carbocycles. The first-order valence-corrected chi connectivity index (χ1v) is 5.04. The monoisotopic (exact) mass is 271 g/mol. The zero-order chi connectivity index (χ0) is 11.0. The molecule has 78 valence electrons. The standard InChI is InChI=1S/C10H7BrFNO2/c11-8-3-6(12)2-7-5(1-9(14)15)4-13-10(7)8/h2-4,13H,1H2,(H,14,15). The molecule has 2 rings (SSSR count). The van der Waals surface area contributed by atoms with Gasteiger partial charge >= 0.3 is 5.97 Å². The zero-order valence-electron chi connectivity index (χ0n) is 7.55. The van der Waals surface area contributed by atoms with E-state index in [-0.39, 0.29) is 12.2 Å². The fourth-order valence-corrected chi connectivity index (χ4v) is 2.07. The summed E-state index contributed by atoms with van der Waals surface area (Å²) in [6.45, 7) is 0. The lowest BCUT2D eigenvalue weighted by Crippen LogP contribution is -1.98. The minimum absolute atomic E-state index is 0.115. The minimum Gasteiger partial charge on any atom is -0.481 e. The molecule has 5 heteroatoms. The summed E-state index contributed by atoms with van der Waals surface area (Å²) in [5.41, 5.74) is 1.30. The Labute approximate surface area is 93.0 Å². The van der Waals surface area contributed by atoms with E-state index in [0.29, 0.717) is 20.9 Å². The van der Waals surface area contributed by atoms with Gasteiger partial charge in [0.25, 0.3) is 0 Å². The summed E-state index contributed by atoms with van der Waals surface area (Å²) in [5, 5.41) is 9.27. The van der Waals surface area contributed by atoms with Gasteiger partial charge in [-0.25, -0.2) is 4.39 Å². The molecule has 0 unspecified atom stereocenters. The molecule has 0 radical (unpaired) electrons. The molecule has 1 heterocycles. The van der Waals surface area contributed by atoms with Gasteiger partial charge in [-0.15, -0.1) is 0 Å². The molecule has 1 aromatic heterocycles. The smallest absolute Gasteiger partial charge is 0.307 e. The number of aliphatic carboxylic acids is 1. The second-order valence-electron chi connectivity index (χ2n) is 3.19. The maximum atomic E-state index is 13.1. The second kappa shape index (κ2) is 3.66. The Morgan fingerprint density at radius 2 is 2.27 bits per heavy atom. The predicted octanol–water partition coefficient (Wildman–Crippen LogP) is 2.70. The van der Waals surface area contributed by atoms with Gasteiger partial charge in [0.05, 0.1) is 11.9 Å². The van der Waals surface area contributed by atoms with E-state index in [4.69, 9.17) is 5.11 Å². The number of hydrogen-bond donors (Lipinski definition) is 2. The second-order valence-corrected chi connectivity index (χ2v) is 4.05. The summed E-state index contributed by atoms with van der Waals surface area (Å²) in [6.07, 6.45) is 1.47.